The van der Waals surface area contributed by atoms with Gasteiger partial charge in [-0.3, -0.25) is 0 Å². The molecule has 0 spiro atoms. The van der Waals surface area contributed by atoms with Crippen molar-refractivity contribution in [3.8, 4) is 0 Å². The minimum absolute atomic E-state index is 0.498. The van der Waals surface area contributed by atoms with Gasteiger partial charge in [0.1, 0.15) is 5.82 Å². The Labute approximate surface area is 130 Å². The van der Waals surface area contributed by atoms with Crippen LogP contribution in [0.25, 0.3) is 0 Å². The van der Waals surface area contributed by atoms with Crippen molar-refractivity contribution in [1.29, 1.82) is 0 Å². The SMILES string of the molecule is Cc1cc(C)c(CNC(C)C)c(N(CC(C)C)C2CC2)n1. The summed E-state index contributed by atoms with van der Waals surface area (Å²) in [5.41, 5.74) is 3.87. The van der Waals surface area contributed by atoms with Crippen molar-refractivity contribution in [2.45, 2.75) is 73.0 Å². The third-order valence-corrected chi connectivity index (χ3v) is 3.96. The molecule has 21 heavy (non-hydrogen) atoms. The van der Waals surface area contributed by atoms with E-state index in [1.807, 2.05) is 0 Å². The van der Waals surface area contributed by atoms with E-state index in [9.17, 15) is 0 Å². The number of nitrogens with zero attached hydrogens (tertiary/aromatic N) is 2. The van der Waals surface area contributed by atoms with E-state index in [0.717, 1.165) is 18.8 Å². The molecule has 1 N–H and O–H groups in total. The molecular formula is C18H31N3. The van der Waals surface area contributed by atoms with Crippen LogP contribution in [0.2, 0.25) is 0 Å². The van der Waals surface area contributed by atoms with E-state index >= 15 is 0 Å². The molecule has 1 aliphatic carbocycles. The Balaban J connectivity index is 2.33. The number of rotatable bonds is 7. The van der Waals surface area contributed by atoms with Crippen LogP contribution in [0.4, 0.5) is 5.82 Å². The van der Waals surface area contributed by atoms with E-state index in [0.29, 0.717) is 18.0 Å². The Morgan fingerprint density at radius 1 is 1.24 bits per heavy atom. The van der Waals surface area contributed by atoms with E-state index in [1.165, 1.54) is 29.8 Å². The van der Waals surface area contributed by atoms with Crippen LogP contribution < -0.4 is 10.2 Å². The molecule has 1 aliphatic rings. The zero-order valence-electron chi connectivity index (χ0n) is 14.5. The van der Waals surface area contributed by atoms with Gasteiger partial charge in [-0.2, -0.15) is 0 Å². The van der Waals surface area contributed by atoms with Crippen LogP contribution in [-0.4, -0.2) is 23.6 Å². The van der Waals surface area contributed by atoms with Gasteiger partial charge in [-0.05, 0) is 44.2 Å². The largest absolute Gasteiger partial charge is 0.353 e. The van der Waals surface area contributed by atoms with Crippen molar-refractivity contribution in [3.05, 3.63) is 22.9 Å². The number of pyridine rings is 1. The summed E-state index contributed by atoms with van der Waals surface area (Å²) in [4.78, 5) is 7.47. The van der Waals surface area contributed by atoms with Crippen LogP contribution >= 0.6 is 0 Å². The smallest absolute Gasteiger partial charge is 0.133 e. The van der Waals surface area contributed by atoms with Crippen LogP contribution in [0.15, 0.2) is 6.07 Å². The molecular weight excluding hydrogens is 258 g/mol. The summed E-state index contributed by atoms with van der Waals surface area (Å²) in [6.45, 7) is 15.3. The first-order valence-electron chi connectivity index (χ1n) is 8.35. The molecule has 1 aromatic heterocycles. The Hall–Kier alpha value is -1.09. The van der Waals surface area contributed by atoms with Gasteiger partial charge in [0, 0.05) is 36.4 Å². The van der Waals surface area contributed by atoms with Crippen molar-refractivity contribution < 1.29 is 0 Å². The molecule has 3 heteroatoms. The summed E-state index contributed by atoms with van der Waals surface area (Å²) < 4.78 is 0. The van der Waals surface area contributed by atoms with Gasteiger partial charge in [0.15, 0.2) is 0 Å². The van der Waals surface area contributed by atoms with E-state index in [1.54, 1.807) is 0 Å². The minimum Gasteiger partial charge on any atom is -0.353 e. The number of aryl methyl sites for hydroxylation is 2. The normalized spacial score (nSPS) is 15.0. The predicted molar refractivity (Wildman–Crippen MR) is 90.9 cm³/mol. The van der Waals surface area contributed by atoms with Gasteiger partial charge in [-0.15, -0.1) is 0 Å². The molecule has 1 saturated carbocycles. The second-order valence-corrected chi connectivity index (χ2v) is 7.20. The van der Waals surface area contributed by atoms with Crippen LogP contribution in [0.5, 0.6) is 0 Å². The lowest BCUT2D eigenvalue weighted by atomic mass is 10.1. The molecule has 1 fully saturated rings. The predicted octanol–water partition coefficient (Wildman–Crippen LogP) is 3.82. The van der Waals surface area contributed by atoms with Crippen molar-refractivity contribution in [2.24, 2.45) is 5.92 Å². The van der Waals surface area contributed by atoms with Crippen LogP contribution in [-0.2, 0) is 6.54 Å². The maximum atomic E-state index is 4.91. The van der Waals surface area contributed by atoms with Gasteiger partial charge in [0.05, 0.1) is 0 Å². The molecule has 0 atom stereocenters. The summed E-state index contributed by atoms with van der Waals surface area (Å²) >= 11 is 0. The lowest BCUT2D eigenvalue weighted by Gasteiger charge is -2.29. The standard InChI is InChI=1S/C18H31N3/c1-12(2)11-21(16-7-8-16)18-17(10-19-13(3)4)14(5)9-15(6)20-18/h9,12-13,16,19H,7-8,10-11H2,1-6H3. The van der Waals surface area contributed by atoms with Gasteiger partial charge in [-0.1, -0.05) is 27.7 Å². The summed E-state index contributed by atoms with van der Waals surface area (Å²) in [5, 5.41) is 3.56. The van der Waals surface area contributed by atoms with Gasteiger partial charge < -0.3 is 10.2 Å². The summed E-state index contributed by atoms with van der Waals surface area (Å²) in [6, 6.07) is 3.42. The molecule has 1 heterocycles. The third kappa shape index (κ3) is 4.44. The zero-order valence-corrected chi connectivity index (χ0v) is 14.5. The van der Waals surface area contributed by atoms with Crippen LogP contribution in [0.1, 0.15) is 57.4 Å². The molecule has 0 radical (unpaired) electrons. The average molecular weight is 289 g/mol. The number of hydrogen-bond acceptors (Lipinski definition) is 3. The molecule has 2 rings (SSSR count). The number of anilines is 1. The first-order valence-corrected chi connectivity index (χ1v) is 8.35. The fraction of sp³-hybridized carbons (Fsp3) is 0.722. The molecule has 0 bridgehead atoms. The van der Waals surface area contributed by atoms with Crippen LogP contribution in [0.3, 0.4) is 0 Å². The highest BCUT2D eigenvalue weighted by atomic mass is 15.2. The molecule has 118 valence electrons. The molecule has 0 saturated heterocycles. The summed E-state index contributed by atoms with van der Waals surface area (Å²) in [5.74, 6) is 1.89. The first-order chi connectivity index (χ1) is 9.88. The van der Waals surface area contributed by atoms with Crippen molar-refractivity contribution in [3.63, 3.8) is 0 Å². The number of aromatic nitrogens is 1. The van der Waals surface area contributed by atoms with Crippen molar-refractivity contribution in [2.75, 3.05) is 11.4 Å². The first kappa shape index (κ1) is 16.3. The van der Waals surface area contributed by atoms with Gasteiger partial charge in [0.25, 0.3) is 0 Å². The topological polar surface area (TPSA) is 28.2 Å². The van der Waals surface area contributed by atoms with E-state index < -0.39 is 0 Å². The third-order valence-electron chi connectivity index (χ3n) is 3.96. The lowest BCUT2D eigenvalue weighted by Crippen LogP contribution is -2.33. The Morgan fingerprint density at radius 3 is 2.43 bits per heavy atom. The molecule has 0 aliphatic heterocycles. The van der Waals surface area contributed by atoms with Crippen molar-refractivity contribution in [1.82, 2.24) is 10.3 Å². The molecule has 3 nitrogen and oxygen atoms in total. The van der Waals surface area contributed by atoms with Crippen LogP contribution in [0, 0.1) is 19.8 Å². The fourth-order valence-electron chi connectivity index (χ4n) is 2.79. The average Bonchev–Trinajstić information content (AvgIpc) is 3.17. The molecule has 0 aromatic carbocycles. The Kier molecular flexibility index (Phi) is 5.26. The molecule has 0 unspecified atom stereocenters. The zero-order chi connectivity index (χ0) is 15.6. The highest BCUT2D eigenvalue weighted by molar-refractivity contribution is 5.53. The van der Waals surface area contributed by atoms with E-state index in [4.69, 9.17) is 4.98 Å². The quantitative estimate of drug-likeness (QED) is 0.827. The maximum Gasteiger partial charge on any atom is 0.133 e. The van der Waals surface area contributed by atoms with Gasteiger partial charge in [-0.25, -0.2) is 4.98 Å². The maximum absolute atomic E-state index is 4.91. The van der Waals surface area contributed by atoms with E-state index in [2.05, 4.69) is 57.8 Å². The highest BCUT2D eigenvalue weighted by Crippen LogP contribution is 2.34. The fourth-order valence-corrected chi connectivity index (χ4v) is 2.79. The lowest BCUT2D eigenvalue weighted by molar-refractivity contribution is 0.574. The Bertz CT molecular complexity index is 476. The van der Waals surface area contributed by atoms with E-state index in [-0.39, 0.29) is 0 Å². The van der Waals surface area contributed by atoms with Gasteiger partial charge >= 0.3 is 0 Å². The second-order valence-electron chi connectivity index (χ2n) is 7.20. The Morgan fingerprint density at radius 2 is 1.90 bits per heavy atom. The molecule has 1 aromatic rings. The minimum atomic E-state index is 0.498. The van der Waals surface area contributed by atoms with Gasteiger partial charge in [0.2, 0.25) is 0 Å². The van der Waals surface area contributed by atoms with Crippen molar-refractivity contribution >= 4 is 5.82 Å². The number of hydrogen-bond donors (Lipinski definition) is 1. The molecule has 0 amide bonds. The number of nitrogens with one attached hydrogen (secondary N) is 1. The summed E-state index contributed by atoms with van der Waals surface area (Å²) in [7, 11) is 0. The highest BCUT2D eigenvalue weighted by Gasteiger charge is 2.32. The second kappa shape index (κ2) is 6.78. The summed E-state index contributed by atoms with van der Waals surface area (Å²) in [6.07, 6.45) is 2.64. The monoisotopic (exact) mass is 289 g/mol.